The van der Waals surface area contributed by atoms with Crippen molar-refractivity contribution in [1.82, 2.24) is 4.98 Å². The number of rotatable bonds is 6. The van der Waals surface area contributed by atoms with Crippen molar-refractivity contribution in [3.8, 4) is 22.4 Å². The van der Waals surface area contributed by atoms with E-state index in [4.69, 9.17) is 9.15 Å². The molecule has 5 nitrogen and oxygen atoms in total. The first-order valence-electron chi connectivity index (χ1n) is 10.6. The lowest BCUT2D eigenvalue weighted by Crippen LogP contribution is -2.02. The maximum Gasteiger partial charge on any atom is 0.346 e. The Morgan fingerprint density at radius 2 is 1.79 bits per heavy atom. The van der Waals surface area contributed by atoms with Gasteiger partial charge in [0.15, 0.2) is 0 Å². The lowest BCUT2D eigenvalue weighted by molar-refractivity contribution is 0.306. The molecule has 34 heavy (non-hydrogen) atoms. The molecule has 164 valence electrons. The highest BCUT2D eigenvalue weighted by Crippen LogP contribution is 2.28. The monoisotopic (exact) mass is 462 g/mol. The minimum atomic E-state index is -0.451. The molecule has 0 saturated carbocycles. The number of para-hydroxylation sites is 1. The molecule has 0 N–H and O–H groups in total. The Labute approximate surface area is 199 Å². The second-order valence-electron chi connectivity index (χ2n) is 7.54. The molecular weight excluding hydrogens is 444 g/mol. The number of benzene rings is 3. The number of aromatic nitrogens is 1. The van der Waals surface area contributed by atoms with E-state index in [1.165, 1.54) is 11.3 Å². The highest BCUT2D eigenvalue weighted by molar-refractivity contribution is 7.13. The third kappa shape index (κ3) is 4.65. The number of nitrogens with zero attached hydrogens (tertiary/aromatic N) is 2. The van der Waals surface area contributed by atoms with Crippen LogP contribution in [-0.4, -0.2) is 4.98 Å². The van der Waals surface area contributed by atoms with Gasteiger partial charge in [-0.2, -0.15) is 5.26 Å². The minimum Gasteiger partial charge on any atom is -0.489 e. The largest absolute Gasteiger partial charge is 0.489 e. The van der Waals surface area contributed by atoms with Crippen LogP contribution < -0.4 is 10.4 Å². The fraction of sp³-hybridized carbons (Fsp3) is 0.0357. The summed E-state index contributed by atoms with van der Waals surface area (Å²) in [5, 5.41) is 12.8. The summed E-state index contributed by atoms with van der Waals surface area (Å²) in [4.78, 5) is 17.0. The highest BCUT2D eigenvalue weighted by Gasteiger charge is 2.14. The molecule has 6 heteroatoms. The average molecular weight is 463 g/mol. The average Bonchev–Trinajstić information content (AvgIpc) is 3.37. The maximum atomic E-state index is 12.5. The summed E-state index contributed by atoms with van der Waals surface area (Å²) < 4.78 is 11.2. The van der Waals surface area contributed by atoms with Gasteiger partial charge in [-0.15, -0.1) is 11.3 Å². The summed E-state index contributed by atoms with van der Waals surface area (Å²) in [5.74, 6) is 0.749. The van der Waals surface area contributed by atoms with E-state index in [0.29, 0.717) is 34.0 Å². The van der Waals surface area contributed by atoms with E-state index in [1.54, 1.807) is 23.6 Å². The smallest absolute Gasteiger partial charge is 0.346 e. The summed E-state index contributed by atoms with van der Waals surface area (Å²) >= 11 is 1.30. The van der Waals surface area contributed by atoms with Gasteiger partial charge in [-0.1, -0.05) is 60.7 Å². The van der Waals surface area contributed by atoms with E-state index < -0.39 is 5.63 Å². The zero-order valence-corrected chi connectivity index (χ0v) is 18.8. The summed E-state index contributed by atoms with van der Waals surface area (Å²) in [6.45, 7) is 0.490. The molecule has 0 aliphatic rings. The van der Waals surface area contributed by atoms with Gasteiger partial charge in [-0.25, -0.2) is 9.78 Å². The first-order chi connectivity index (χ1) is 16.7. The Hall–Kier alpha value is -4.47. The van der Waals surface area contributed by atoms with Gasteiger partial charge in [0.05, 0.1) is 16.8 Å². The third-order valence-electron chi connectivity index (χ3n) is 5.21. The summed E-state index contributed by atoms with van der Waals surface area (Å²) in [7, 11) is 0. The SMILES string of the molecule is N#C/C(=C/c1ccc(OCc2ccccc2)cc1)c1csc(-c2cc3ccccc3oc2=O)n1. The zero-order valence-electron chi connectivity index (χ0n) is 18.0. The van der Waals surface area contributed by atoms with E-state index in [1.807, 2.05) is 72.8 Å². The molecule has 0 amide bonds. The lowest BCUT2D eigenvalue weighted by Gasteiger charge is -2.06. The van der Waals surface area contributed by atoms with Gasteiger partial charge in [0.2, 0.25) is 0 Å². The maximum absolute atomic E-state index is 12.5. The minimum absolute atomic E-state index is 0.382. The molecule has 0 aliphatic carbocycles. The van der Waals surface area contributed by atoms with Crippen molar-refractivity contribution in [3.05, 3.63) is 118 Å². The van der Waals surface area contributed by atoms with Crippen LogP contribution in [0.3, 0.4) is 0 Å². The summed E-state index contributed by atoms with van der Waals surface area (Å²) in [5.41, 5.74) is 3.33. The molecule has 0 radical (unpaired) electrons. The van der Waals surface area contributed by atoms with Crippen molar-refractivity contribution in [2.45, 2.75) is 6.61 Å². The molecule has 0 atom stereocenters. The molecule has 0 saturated heterocycles. The van der Waals surface area contributed by atoms with Gasteiger partial charge in [0.25, 0.3) is 0 Å². The van der Waals surface area contributed by atoms with Crippen molar-refractivity contribution in [2.24, 2.45) is 0 Å². The second kappa shape index (κ2) is 9.57. The molecular formula is C28H18N2O3S. The Kier molecular flexibility index (Phi) is 6.02. The molecule has 5 aromatic rings. The summed E-state index contributed by atoms with van der Waals surface area (Å²) in [6, 6.07) is 28.8. The van der Waals surface area contributed by atoms with Crippen molar-refractivity contribution in [3.63, 3.8) is 0 Å². The number of hydrogen-bond acceptors (Lipinski definition) is 6. The molecule has 2 aromatic heterocycles. The normalized spacial score (nSPS) is 11.3. The van der Waals surface area contributed by atoms with Gasteiger partial charge < -0.3 is 9.15 Å². The van der Waals surface area contributed by atoms with Crippen molar-refractivity contribution in [2.75, 3.05) is 0 Å². The third-order valence-corrected chi connectivity index (χ3v) is 6.09. The van der Waals surface area contributed by atoms with Crippen LogP contribution in [0.4, 0.5) is 0 Å². The molecule has 0 fully saturated rings. The number of thiazole rings is 1. The van der Waals surface area contributed by atoms with Crippen molar-refractivity contribution < 1.29 is 9.15 Å². The van der Waals surface area contributed by atoms with Crippen molar-refractivity contribution in [1.29, 1.82) is 5.26 Å². The van der Waals surface area contributed by atoms with Crippen LogP contribution in [0.25, 0.3) is 33.2 Å². The summed E-state index contributed by atoms with van der Waals surface area (Å²) in [6.07, 6.45) is 1.77. The van der Waals surface area contributed by atoms with E-state index in [9.17, 15) is 10.1 Å². The van der Waals surface area contributed by atoms with E-state index >= 15 is 0 Å². The predicted octanol–water partition coefficient (Wildman–Crippen LogP) is 6.56. The second-order valence-corrected chi connectivity index (χ2v) is 8.39. The van der Waals surface area contributed by atoms with Gasteiger partial charge in [-0.3, -0.25) is 0 Å². The van der Waals surface area contributed by atoms with Crippen LogP contribution in [0, 0.1) is 11.3 Å². The Morgan fingerprint density at radius 1 is 1.03 bits per heavy atom. The Balaban J connectivity index is 1.36. The van der Waals surface area contributed by atoms with Crippen LogP contribution in [0.2, 0.25) is 0 Å². The van der Waals surface area contributed by atoms with Gasteiger partial charge >= 0.3 is 5.63 Å². The highest BCUT2D eigenvalue weighted by atomic mass is 32.1. The number of ether oxygens (including phenoxy) is 1. The molecule has 5 rings (SSSR count). The van der Waals surface area contributed by atoms with Gasteiger partial charge in [-0.05, 0) is 41.5 Å². The first kappa shape index (κ1) is 21.4. The fourth-order valence-electron chi connectivity index (χ4n) is 3.46. The van der Waals surface area contributed by atoms with Gasteiger partial charge in [0.1, 0.15) is 29.0 Å². The lowest BCUT2D eigenvalue weighted by atomic mass is 10.1. The van der Waals surface area contributed by atoms with E-state index in [0.717, 1.165) is 22.3 Å². The fourth-order valence-corrected chi connectivity index (χ4v) is 4.29. The van der Waals surface area contributed by atoms with Crippen LogP contribution in [-0.2, 0) is 6.61 Å². The number of hydrogen-bond donors (Lipinski definition) is 0. The Morgan fingerprint density at radius 3 is 2.59 bits per heavy atom. The zero-order chi connectivity index (χ0) is 23.3. The molecule has 0 aliphatic heterocycles. The predicted molar refractivity (Wildman–Crippen MR) is 134 cm³/mol. The number of fused-ring (bicyclic) bond motifs is 1. The topological polar surface area (TPSA) is 76.1 Å². The number of allylic oxidation sites excluding steroid dienone is 1. The quantitative estimate of drug-likeness (QED) is 0.211. The first-order valence-corrected chi connectivity index (χ1v) is 11.5. The van der Waals surface area contributed by atoms with Crippen LogP contribution in [0.1, 0.15) is 16.8 Å². The molecule has 0 bridgehead atoms. The van der Waals surface area contributed by atoms with E-state index in [2.05, 4.69) is 11.1 Å². The van der Waals surface area contributed by atoms with E-state index in [-0.39, 0.29) is 0 Å². The molecule has 3 aromatic carbocycles. The number of nitriles is 1. The molecule has 2 heterocycles. The Bertz CT molecular complexity index is 1580. The standard InChI is InChI=1S/C28H18N2O3S/c29-16-22(14-19-10-12-23(13-11-19)32-17-20-6-2-1-3-7-20)25-18-34-27(30-25)24-15-21-8-4-5-9-26(21)33-28(24)31/h1-15,18H,17H2/b22-14-. The van der Waals surface area contributed by atoms with Crippen LogP contribution >= 0.6 is 11.3 Å². The molecule has 0 spiro atoms. The van der Waals surface area contributed by atoms with Gasteiger partial charge in [0, 0.05) is 10.8 Å². The van der Waals surface area contributed by atoms with Crippen LogP contribution in [0.5, 0.6) is 5.75 Å². The van der Waals surface area contributed by atoms with Crippen molar-refractivity contribution >= 4 is 34.0 Å². The molecule has 0 unspecified atom stereocenters. The van der Waals surface area contributed by atoms with Crippen LogP contribution in [0.15, 0.2) is 99.5 Å².